The van der Waals surface area contributed by atoms with E-state index in [1.54, 1.807) is 0 Å². The summed E-state index contributed by atoms with van der Waals surface area (Å²) >= 11 is 0. The molecule has 6 nitrogen and oxygen atoms in total. The molecular weight excluding hydrogens is 292 g/mol. The first-order chi connectivity index (χ1) is 10.9. The maximum Gasteiger partial charge on any atom is 0.252 e. The second kappa shape index (κ2) is 5.60. The Hall–Kier alpha value is -1.95. The number of hydrogen-bond donors (Lipinski definition) is 2. The van der Waals surface area contributed by atoms with Crippen LogP contribution in [0, 0.1) is 19.3 Å². The first-order valence-corrected chi connectivity index (χ1v) is 8.12. The Kier molecular flexibility index (Phi) is 3.88. The van der Waals surface area contributed by atoms with Crippen LogP contribution >= 0.6 is 0 Å². The fourth-order valence-corrected chi connectivity index (χ4v) is 2.91. The lowest BCUT2D eigenvalue weighted by Crippen LogP contribution is -2.32. The summed E-state index contributed by atoms with van der Waals surface area (Å²) in [6.07, 6.45) is 1.94. The quantitative estimate of drug-likeness (QED) is 0.885. The molecule has 0 bridgehead atoms. The number of hydrogen-bond acceptors (Lipinski definition) is 4. The van der Waals surface area contributed by atoms with E-state index >= 15 is 0 Å². The predicted molar refractivity (Wildman–Crippen MR) is 88.5 cm³/mol. The van der Waals surface area contributed by atoms with E-state index in [9.17, 15) is 9.90 Å². The van der Waals surface area contributed by atoms with Crippen molar-refractivity contribution in [1.29, 1.82) is 0 Å². The Labute approximate surface area is 135 Å². The van der Waals surface area contributed by atoms with Gasteiger partial charge in [0.15, 0.2) is 5.65 Å². The first-order valence-electron chi connectivity index (χ1n) is 8.12. The Morgan fingerprint density at radius 2 is 2.13 bits per heavy atom. The van der Waals surface area contributed by atoms with Gasteiger partial charge in [-0.25, -0.2) is 9.67 Å². The number of aliphatic hydroxyl groups excluding tert-OH is 1. The van der Waals surface area contributed by atoms with Gasteiger partial charge in [0.05, 0.1) is 23.3 Å². The molecule has 1 aliphatic carbocycles. The molecule has 0 aliphatic heterocycles. The standard InChI is InChI=1S/C17H24N4O2/c1-10(2)21-15-14(12(4)20-21)13(7-11(3)19-15)16(23)18-8-17(9-22)5-6-17/h7,10,22H,5-6,8-9H2,1-4H3,(H,18,23). The predicted octanol–water partition coefficient (Wildman–Crippen LogP) is 2.13. The van der Waals surface area contributed by atoms with E-state index in [1.807, 2.05) is 38.4 Å². The van der Waals surface area contributed by atoms with E-state index in [2.05, 4.69) is 15.4 Å². The Bertz CT molecular complexity index is 760. The molecule has 0 atom stereocenters. The maximum absolute atomic E-state index is 12.7. The summed E-state index contributed by atoms with van der Waals surface area (Å²) in [5, 5.41) is 17.7. The number of nitrogens with one attached hydrogen (secondary N) is 1. The molecule has 0 unspecified atom stereocenters. The molecule has 1 fully saturated rings. The molecule has 1 aliphatic rings. The van der Waals surface area contributed by atoms with E-state index in [1.165, 1.54) is 0 Å². The van der Waals surface area contributed by atoms with E-state index in [4.69, 9.17) is 0 Å². The van der Waals surface area contributed by atoms with E-state index < -0.39 is 0 Å². The van der Waals surface area contributed by atoms with Gasteiger partial charge in [-0.3, -0.25) is 4.79 Å². The van der Waals surface area contributed by atoms with Crippen LogP contribution in [0.15, 0.2) is 6.07 Å². The molecular formula is C17H24N4O2. The third-order valence-corrected chi connectivity index (χ3v) is 4.62. The normalized spacial score (nSPS) is 16.1. The Morgan fingerprint density at radius 3 is 2.70 bits per heavy atom. The van der Waals surface area contributed by atoms with Gasteiger partial charge in [-0.1, -0.05) is 0 Å². The summed E-state index contributed by atoms with van der Waals surface area (Å²) in [5.74, 6) is -0.119. The van der Waals surface area contributed by atoms with Gasteiger partial charge in [-0.05, 0) is 46.6 Å². The van der Waals surface area contributed by atoms with Gasteiger partial charge in [0, 0.05) is 23.7 Å². The fraction of sp³-hybridized carbons (Fsp3) is 0.588. The highest BCUT2D eigenvalue weighted by Crippen LogP contribution is 2.44. The number of pyridine rings is 1. The van der Waals surface area contributed by atoms with Gasteiger partial charge in [0.1, 0.15) is 0 Å². The highest BCUT2D eigenvalue weighted by atomic mass is 16.3. The molecule has 3 rings (SSSR count). The van der Waals surface area contributed by atoms with E-state index in [0.29, 0.717) is 12.1 Å². The highest BCUT2D eigenvalue weighted by molar-refractivity contribution is 6.06. The topological polar surface area (TPSA) is 80.0 Å². The van der Waals surface area contributed by atoms with Gasteiger partial charge in [0.25, 0.3) is 5.91 Å². The molecule has 2 aromatic heterocycles. The molecule has 0 radical (unpaired) electrons. The van der Waals surface area contributed by atoms with Crippen LogP contribution in [0.4, 0.5) is 0 Å². The lowest BCUT2D eigenvalue weighted by Gasteiger charge is -2.13. The number of carbonyl (C=O) groups excluding carboxylic acids is 1. The van der Waals surface area contributed by atoms with Crippen molar-refractivity contribution in [2.75, 3.05) is 13.2 Å². The van der Waals surface area contributed by atoms with Crippen molar-refractivity contribution in [2.24, 2.45) is 5.41 Å². The van der Waals surface area contributed by atoms with Crippen LogP contribution in [0.25, 0.3) is 11.0 Å². The third kappa shape index (κ3) is 2.83. The summed E-state index contributed by atoms with van der Waals surface area (Å²) in [6.45, 7) is 8.54. The van der Waals surface area contributed by atoms with Crippen molar-refractivity contribution >= 4 is 16.9 Å². The van der Waals surface area contributed by atoms with Crippen molar-refractivity contribution in [3.8, 4) is 0 Å². The van der Waals surface area contributed by atoms with Crippen molar-refractivity contribution in [1.82, 2.24) is 20.1 Å². The van der Waals surface area contributed by atoms with Crippen molar-refractivity contribution in [3.05, 3.63) is 23.0 Å². The number of carbonyl (C=O) groups is 1. The lowest BCUT2D eigenvalue weighted by molar-refractivity contribution is 0.0936. The summed E-state index contributed by atoms with van der Waals surface area (Å²) in [5.41, 5.74) is 2.88. The molecule has 124 valence electrons. The molecule has 2 aromatic rings. The first kappa shape index (κ1) is 15.9. The summed E-state index contributed by atoms with van der Waals surface area (Å²) in [7, 11) is 0. The molecule has 0 spiro atoms. The minimum Gasteiger partial charge on any atom is -0.396 e. The van der Waals surface area contributed by atoms with E-state index in [-0.39, 0.29) is 24.0 Å². The highest BCUT2D eigenvalue weighted by Gasteiger charge is 2.42. The molecule has 23 heavy (non-hydrogen) atoms. The van der Waals surface area contributed by atoms with Crippen LogP contribution in [0.2, 0.25) is 0 Å². The van der Waals surface area contributed by atoms with Crippen LogP contribution in [0.5, 0.6) is 0 Å². The molecule has 2 heterocycles. The molecule has 6 heteroatoms. The molecule has 2 N–H and O–H groups in total. The number of rotatable bonds is 5. The van der Waals surface area contributed by atoms with Crippen molar-refractivity contribution in [3.63, 3.8) is 0 Å². The van der Waals surface area contributed by atoms with Crippen molar-refractivity contribution < 1.29 is 9.90 Å². The summed E-state index contributed by atoms with van der Waals surface area (Å²) in [4.78, 5) is 17.3. The van der Waals surface area contributed by atoms with Crippen LogP contribution in [0.1, 0.15) is 54.5 Å². The van der Waals surface area contributed by atoms with E-state index in [0.717, 1.165) is 35.3 Å². The fourth-order valence-electron chi connectivity index (χ4n) is 2.91. The number of fused-ring (bicyclic) bond motifs is 1. The van der Waals surface area contributed by atoms with Crippen LogP contribution < -0.4 is 5.32 Å². The van der Waals surface area contributed by atoms with Gasteiger partial charge in [-0.2, -0.15) is 5.10 Å². The number of aryl methyl sites for hydroxylation is 2. The molecule has 0 saturated heterocycles. The average Bonchev–Trinajstić information content (AvgIpc) is 3.22. The number of amides is 1. The minimum absolute atomic E-state index is 0.103. The largest absolute Gasteiger partial charge is 0.396 e. The van der Waals surface area contributed by atoms with Crippen LogP contribution in [0.3, 0.4) is 0 Å². The van der Waals surface area contributed by atoms with Gasteiger partial charge in [0.2, 0.25) is 0 Å². The zero-order chi connectivity index (χ0) is 16.8. The van der Waals surface area contributed by atoms with Crippen molar-refractivity contribution in [2.45, 2.75) is 46.6 Å². The average molecular weight is 316 g/mol. The number of nitrogens with zero attached hydrogens (tertiary/aromatic N) is 3. The van der Waals surface area contributed by atoms with Crippen LogP contribution in [-0.2, 0) is 0 Å². The van der Waals surface area contributed by atoms with Gasteiger partial charge < -0.3 is 10.4 Å². The zero-order valence-corrected chi connectivity index (χ0v) is 14.2. The van der Waals surface area contributed by atoms with Gasteiger partial charge >= 0.3 is 0 Å². The molecule has 0 aromatic carbocycles. The molecule has 1 amide bonds. The third-order valence-electron chi connectivity index (χ3n) is 4.62. The number of aliphatic hydroxyl groups is 1. The smallest absolute Gasteiger partial charge is 0.252 e. The second-order valence-corrected chi connectivity index (χ2v) is 6.97. The lowest BCUT2D eigenvalue weighted by atomic mass is 10.1. The van der Waals surface area contributed by atoms with Crippen LogP contribution in [-0.4, -0.2) is 38.9 Å². The monoisotopic (exact) mass is 316 g/mol. The number of aromatic nitrogens is 3. The Morgan fingerprint density at radius 1 is 1.43 bits per heavy atom. The maximum atomic E-state index is 12.7. The Balaban J connectivity index is 1.98. The second-order valence-electron chi connectivity index (χ2n) is 6.97. The zero-order valence-electron chi connectivity index (χ0n) is 14.2. The van der Waals surface area contributed by atoms with Gasteiger partial charge in [-0.15, -0.1) is 0 Å². The minimum atomic E-state index is -0.119. The SMILES string of the molecule is Cc1cc(C(=O)NCC2(CO)CC2)c2c(C)nn(C(C)C)c2n1. The summed E-state index contributed by atoms with van der Waals surface area (Å²) in [6, 6.07) is 2.00. The molecule has 1 saturated carbocycles. The summed E-state index contributed by atoms with van der Waals surface area (Å²) < 4.78 is 1.87.